The third-order valence-electron chi connectivity index (χ3n) is 4.21. The first kappa shape index (κ1) is 17.1. The summed E-state index contributed by atoms with van der Waals surface area (Å²) < 4.78 is 0. The Kier molecular flexibility index (Phi) is 5.19. The van der Waals surface area contributed by atoms with Gasteiger partial charge in [-0.2, -0.15) is 5.10 Å². The van der Waals surface area contributed by atoms with Crippen LogP contribution in [0.1, 0.15) is 16.8 Å². The first-order chi connectivity index (χ1) is 12.8. The van der Waals surface area contributed by atoms with E-state index in [0.717, 1.165) is 33.3 Å². The summed E-state index contributed by atoms with van der Waals surface area (Å²) in [7, 11) is 0. The average molecular weight is 377 g/mol. The number of hydrogen-bond donors (Lipinski definition) is 0. The number of aromatic nitrogens is 2. The normalized spacial score (nSPS) is 11.0. The van der Waals surface area contributed by atoms with Gasteiger partial charge >= 0.3 is 0 Å². The molecule has 0 spiro atoms. The van der Waals surface area contributed by atoms with Crippen molar-refractivity contribution < 1.29 is 0 Å². The summed E-state index contributed by atoms with van der Waals surface area (Å²) >= 11 is 7.78. The molecule has 0 N–H and O–H groups in total. The van der Waals surface area contributed by atoms with Crippen molar-refractivity contribution in [1.82, 2.24) is 10.2 Å². The summed E-state index contributed by atoms with van der Waals surface area (Å²) in [6, 6.07) is 26.7. The summed E-state index contributed by atoms with van der Waals surface area (Å²) in [6.07, 6.45) is 0.785. The molecule has 4 rings (SSSR count). The van der Waals surface area contributed by atoms with Gasteiger partial charge in [0.2, 0.25) is 0 Å². The molecule has 26 heavy (non-hydrogen) atoms. The van der Waals surface area contributed by atoms with Crippen LogP contribution in [0, 0.1) is 0 Å². The van der Waals surface area contributed by atoms with Gasteiger partial charge in [0.15, 0.2) is 0 Å². The zero-order valence-corrected chi connectivity index (χ0v) is 15.7. The summed E-state index contributed by atoms with van der Waals surface area (Å²) in [5.74, 6) is 0.817. The molecule has 0 saturated carbocycles. The van der Waals surface area contributed by atoms with E-state index in [1.807, 2.05) is 24.3 Å². The fourth-order valence-electron chi connectivity index (χ4n) is 2.94. The minimum atomic E-state index is 0.761. The van der Waals surface area contributed by atoms with Crippen molar-refractivity contribution in [3.63, 3.8) is 0 Å². The summed E-state index contributed by atoms with van der Waals surface area (Å²) in [6.45, 7) is 0. The predicted octanol–water partition coefficient (Wildman–Crippen LogP) is 6.17. The molecule has 1 heterocycles. The topological polar surface area (TPSA) is 25.8 Å². The Bertz CT molecular complexity index is 1030. The lowest BCUT2D eigenvalue weighted by Crippen LogP contribution is -1.98. The molecular weight excluding hydrogens is 360 g/mol. The molecule has 4 heteroatoms. The summed E-state index contributed by atoms with van der Waals surface area (Å²) in [5.41, 5.74) is 3.44. The quantitative estimate of drug-likeness (QED) is 0.390. The van der Waals surface area contributed by atoms with E-state index in [1.54, 1.807) is 11.8 Å². The molecule has 128 valence electrons. The van der Waals surface area contributed by atoms with E-state index in [-0.39, 0.29) is 0 Å². The molecular formula is C22H17ClN2S. The Morgan fingerprint density at radius 2 is 1.46 bits per heavy atom. The largest absolute Gasteiger partial charge is 0.154 e. The van der Waals surface area contributed by atoms with Crippen LogP contribution in [-0.4, -0.2) is 10.2 Å². The smallest absolute Gasteiger partial charge is 0.127 e. The van der Waals surface area contributed by atoms with E-state index in [9.17, 15) is 0 Å². The molecule has 0 saturated heterocycles. The van der Waals surface area contributed by atoms with Crippen LogP contribution in [0.3, 0.4) is 0 Å². The van der Waals surface area contributed by atoms with Crippen molar-refractivity contribution in [2.24, 2.45) is 0 Å². The number of benzene rings is 3. The molecule has 0 aliphatic carbocycles. The van der Waals surface area contributed by atoms with E-state index >= 15 is 0 Å². The van der Waals surface area contributed by atoms with E-state index in [0.29, 0.717) is 0 Å². The Morgan fingerprint density at radius 3 is 2.27 bits per heavy atom. The molecule has 0 unspecified atom stereocenters. The highest BCUT2D eigenvalue weighted by molar-refractivity contribution is 7.98. The van der Waals surface area contributed by atoms with Crippen molar-refractivity contribution in [2.45, 2.75) is 17.2 Å². The molecule has 0 radical (unpaired) electrons. The van der Waals surface area contributed by atoms with Crippen molar-refractivity contribution in [1.29, 1.82) is 0 Å². The first-order valence-corrected chi connectivity index (χ1v) is 9.81. The van der Waals surface area contributed by atoms with Crippen LogP contribution < -0.4 is 0 Å². The van der Waals surface area contributed by atoms with Gasteiger partial charge in [0.1, 0.15) is 5.03 Å². The Labute approximate surface area is 162 Å². The second-order valence-corrected chi connectivity index (χ2v) is 7.48. The second-order valence-electron chi connectivity index (χ2n) is 6.08. The maximum Gasteiger partial charge on any atom is 0.127 e. The fraction of sp³-hybridized carbons (Fsp3) is 0.0909. The molecule has 0 amide bonds. The van der Waals surface area contributed by atoms with Crippen LogP contribution >= 0.6 is 23.4 Å². The Balaban J connectivity index is 1.63. The van der Waals surface area contributed by atoms with Gasteiger partial charge in [-0.1, -0.05) is 90.1 Å². The van der Waals surface area contributed by atoms with E-state index in [2.05, 4.69) is 64.8 Å². The summed E-state index contributed by atoms with van der Waals surface area (Å²) in [4.78, 5) is 0. The van der Waals surface area contributed by atoms with Crippen molar-refractivity contribution in [2.75, 3.05) is 0 Å². The third kappa shape index (κ3) is 3.90. The summed E-state index contributed by atoms with van der Waals surface area (Å²) in [5, 5.41) is 13.1. The van der Waals surface area contributed by atoms with Crippen LogP contribution in [0.15, 0.2) is 83.9 Å². The van der Waals surface area contributed by atoms with Gasteiger partial charge in [-0.25, -0.2) is 0 Å². The number of fused-ring (bicyclic) bond motifs is 1. The van der Waals surface area contributed by atoms with Gasteiger partial charge in [0.25, 0.3) is 0 Å². The lowest BCUT2D eigenvalue weighted by atomic mass is 10.0. The van der Waals surface area contributed by atoms with Crippen LogP contribution in [0.25, 0.3) is 10.8 Å². The SMILES string of the molecule is Clc1cccc(CSc2nnc(Cc3ccccc3)c3ccccc23)c1. The van der Waals surface area contributed by atoms with Gasteiger partial charge in [0.05, 0.1) is 5.69 Å². The zero-order chi connectivity index (χ0) is 17.8. The average Bonchev–Trinajstić information content (AvgIpc) is 2.68. The number of thioether (sulfide) groups is 1. The van der Waals surface area contributed by atoms with Crippen LogP contribution in [-0.2, 0) is 12.2 Å². The van der Waals surface area contributed by atoms with Crippen LogP contribution in [0.2, 0.25) is 5.02 Å². The van der Waals surface area contributed by atoms with E-state index in [1.165, 1.54) is 16.5 Å². The van der Waals surface area contributed by atoms with Crippen molar-refractivity contribution in [3.8, 4) is 0 Å². The Morgan fingerprint density at radius 1 is 0.731 bits per heavy atom. The maximum atomic E-state index is 6.08. The standard InChI is InChI=1S/C22H17ClN2S/c23-18-10-6-9-17(13-18)15-26-22-20-12-5-4-11-19(20)21(24-25-22)14-16-7-2-1-3-8-16/h1-13H,14-15H2. The highest BCUT2D eigenvalue weighted by Crippen LogP contribution is 2.30. The maximum absolute atomic E-state index is 6.08. The van der Waals surface area contributed by atoms with Gasteiger partial charge < -0.3 is 0 Å². The highest BCUT2D eigenvalue weighted by Gasteiger charge is 2.10. The fourth-order valence-corrected chi connectivity index (χ4v) is 4.07. The van der Waals surface area contributed by atoms with Gasteiger partial charge in [0, 0.05) is 28.0 Å². The molecule has 3 aromatic carbocycles. The number of nitrogens with zero attached hydrogens (tertiary/aromatic N) is 2. The van der Waals surface area contributed by atoms with Crippen molar-refractivity contribution in [3.05, 3.63) is 101 Å². The van der Waals surface area contributed by atoms with Gasteiger partial charge in [-0.3, -0.25) is 0 Å². The molecule has 0 fully saturated rings. The minimum Gasteiger partial charge on any atom is -0.154 e. The predicted molar refractivity (Wildman–Crippen MR) is 110 cm³/mol. The number of rotatable bonds is 5. The lowest BCUT2D eigenvalue weighted by Gasteiger charge is -2.09. The second kappa shape index (κ2) is 7.90. The number of hydrogen-bond acceptors (Lipinski definition) is 3. The lowest BCUT2D eigenvalue weighted by molar-refractivity contribution is 0.896. The Hall–Kier alpha value is -2.36. The van der Waals surface area contributed by atoms with Gasteiger partial charge in [-0.05, 0) is 23.3 Å². The molecule has 0 aliphatic heterocycles. The molecule has 0 aliphatic rings. The van der Waals surface area contributed by atoms with Crippen LogP contribution in [0.5, 0.6) is 0 Å². The number of halogens is 1. The zero-order valence-electron chi connectivity index (χ0n) is 14.1. The highest BCUT2D eigenvalue weighted by atomic mass is 35.5. The van der Waals surface area contributed by atoms with E-state index in [4.69, 9.17) is 11.6 Å². The molecule has 0 bridgehead atoms. The monoisotopic (exact) mass is 376 g/mol. The van der Waals surface area contributed by atoms with E-state index < -0.39 is 0 Å². The van der Waals surface area contributed by atoms with Crippen LogP contribution in [0.4, 0.5) is 0 Å². The molecule has 1 aromatic heterocycles. The van der Waals surface area contributed by atoms with Gasteiger partial charge in [-0.15, -0.1) is 5.10 Å². The minimum absolute atomic E-state index is 0.761. The molecule has 4 aromatic rings. The first-order valence-electron chi connectivity index (χ1n) is 8.45. The third-order valence-corrected chi connectivity index (χ3v) is 5.50. The van der Waals surface area contributed by atoms with Crippen molar-refractivity contribution >= 4 is 34.1 Å². The molecule has 0 atom stereocenters. The molecule has 2 nitrogen and oxygen atoms in total.